The highest BCUT2D eigenvalue weighted by Gasteiger charge is 2.11. The molecule has 1 aromatic heterocycles. The molecule has 4 nitrogen and oxygen atoms in total. The second-order valence-electron chi connectivity index (χ2n) is 2.66. The minimum Gasteiger partial charge on any atom is -0.481 e. The number of aromatic nitrogens is 1. The van der Waals surface area contributed by atoms with Crippen molar-refractivity contribution >= 4 is 0 Å². The maximum absolute atomic E-state index is 5.84. The Hall–Kier alpha value is -1.13. The molecule has 0 aliphatic heterocycles. The fourth-order valence-electron chi connectivity index (χ4n) is 1.13. The van der Waals surface area contributed by atoms with E-state index in [4.69, 9.17) is 15.2 Å². The molecule has 1 rings (SSSR count). The molecular formula is C9H14N2O2. The molecule has 0 spiro atoms. The van der Waals surface area contributed by atoms with Crippen molar-refractivity contribution in [2.75, 3.05) is 20.8 Å². The van der Waals surface area contributed by atoms with Gasteiger partial charge in [0.15, 0.2) is 0 Å². The Kier molecular flexibility index (Phi) is 3.67. The third kappa shape index (κ3) is 2.40. The van der Waals surface area contributed by atoms with E-state index in [9.17, 15) is 0 Å². The van der Waals surface area contributed by atoms with Gasteiger partial charge in [-0.25, -0.2) is 4.98 Å². The van der Waals surface area contributed by atoms with Crippen LogP contribution in [0.2, 0.25) is 0 Å². The molecule has 0 saturated carbocycles. The normalized spacial score (nSPS) is 12.5. The van der Waals surface area contributed by atoms with Crippen LogP contribution >= 0.6 is 0 Å². The lowest BCUT2D eigenvalue weighted by atomic mass is 10.1. The van der Waals surface area contributed by atoms with Crippen LogP contribution in [0.25, 0.3) is 0 Å². The second-order valence-corrected chi connectivity index (χ2v) is 2.66. The Labute approximate surface area is 77.7 Å². The number of hydrogen-bond acceptors (Lipinski definition) is 4. The molecule has 0 fully saturated rings. The Morgan fingerprint density at radius 3 is 2.92 bits per heavy atom. The van der Waals surface area contributed by atoms with Crippen LogP contribution in [0.4, 0.5) is 0 Å². The molecule has 4 heteroatoms. The summed E-state index contributed by atoms with van der Waals surface area (Å²) in [7, 11) is 3.19. The van der Waals surface area contributed by atoms with Gasteiger partial charge in [0.2, 0.25) is 5.88 Å². The molecular weight excluding hydrogens is 168 g/mol. The van der Waals surface area contributed by atoms with Crippen molar-refractivity contribution < 1.29 is 9.47 Å². The first-order valence-corrected chi connectivity index (χ1v) is 4.03. The third-order valence-electron chi connectivity index (χ3n) is 1.74. The van der Waals surface area contributed by atoms with E-state index < -0.39 is 0 Å². The van der Waals surface area contributed by atoms with E-state index in [1.54, 1.807) is 20.4 Å². The smallest absolute Gasteiger partial charge is 0.217 e. The van der Waals surface area contributed by atoms with E-state index in [-0.39, 0.29) is 6.04 Å². The van der Waals surface area contributed by atoms with Crippen LogP contribution in [-0.2, 0) is 4.74 Å². The Morgan fingerprint density at radius 2 is 2.31 bits per heavy atom. The summed E-state index contributed by atoms with van der Waals surface area (Å²) in [6.07, 6.45) is 1.67. The summed E-state index contributed by atoms with van der Waals surface area (Å²) < 4.78 is 10.0. The van der Waals surface area contributed by atoms with E-state index in [2.05, 4.69) is 4.98 Å². The molecule has 72 valence electrons. The van der Waals surface area contributed by atoms with Gasteiger partial charge in [-0.15, -0.1) is 0 Å². The summed E-state index contributed by atoms with van der Waals surface area (Å²) in [4.78, 5) is 4.04. The minimum absolute atomic E-state index is 0.186. The average molecular weight is 182 g/mol. The fraction of sp³-hybridized carbons (Fsp3) is 0.444. The van der Waals surface area contributed by atoms with Crippen molar-refractivity contribution in [3.63, 3.8) is 0 Å². The second kappa shape index (κ2) is 4.79. The summed E-state index contributed by atoms with van der Waals surface area (Å²) in [5.74, 6) is 0.562. The van der Waals surface area contributed by atoms with Gasteiger partial charge in [-0.05, 0) is 6.07 Å². The number of pyridine rings is 1. The van der Waals surface area contributed by atoms with Crippen molar-refractivity contribution in [3.05, 3.63) is 23.9 Å². The Bertz CT molecular complexity index is 266. The SMILES string of the molecule is COC[C@H](N)c1cccnc1OC. The number of nitrogens with zero attached hydrogens (tertiary/aromatic N) is 1. The van der Waals surface area contributed by atoms with E-state index in [0.29, 0.717) is 12.5 Å². The van der Waals surface area contributed by atoms with Gasteiger partial charge in [-0.2, -0.15) is 0 Å². The number of rotatable bonds is 4. The van der Waals surface area contributed by atoms with Crippen LogP contribution in [0.1, 0.15) is 11.6 Å². The zero-order chi connectivity index (χ0) is 9.68. The zero-order valence-corrected chi connectivity index (χ0v) is 7.86. The van der Waals surface area contributed by atoms with Crippen LogP contribution in [0.3, 0.4) is 0 Å². The highest BCUT2D eigenvalue weighted by molar-refractivity contribution is 5.28. The highest BCUT2D eigenvalue weighted by Crippen LogP contribution is 2.20. The number of hydrogen-bond donors (Lipinski definition) is 1. The van der Waals surface area contributed by atoms with E-state index in [1.807, 2.05) is 12.1 Å². The Morgan fingerprint density at radius 1 is 1.54 bits per heavy atom. The van der Waals surface area contributed by atoms with E-state index in [1.165, 1.54) is 0 Å². The lowest BCUT2D eigenvalue weighted by Gasteiger charge is -2.13. The van der Waals surface area contributed by atoms with Gasteiger partial charge >= 0.3 is 0 Å². The van der Waals surface area contributed by atoms with Gasteiger partial charge in [-0.1, -0.05) is 6.07 Å². The van der Waals surface area contributed by atoms with Crippen LogP contribution in [0.5, 0.6) is 5.88 Å². The van der Waals surface area contributed by atoms with Crippen LogP contribution < -0.4 is 10.5 Å². The van der Waals surface area contributed by atoms with Crippen LogP contribution in [0.15, 0.2) is 18.3 Å². The summed E-state index contributed by atoms with van der Waals surface area (Å²) in [5.41, 5.74) is 6.70. The van der Waals surface area contributed by atoms with Crippen LogP contribution in [-0.4, -0.2) is 25.8 Å². The molecule has 0 unspecified atom stereocenters. The summed E-state index contributed by atoms with van der Waals surface area (Å²) in [5, 5.41) is 0. The molecule has 0 aliphatic carbocycles. The highest BCUT2D eigenvalue weighted by atomic mass is 16.5. The first kappa shape index (κ1) is 9.95. The standard InChI is InChI=1S/C9H14N2O2/c1-12-6-8(10)7-4-3-5-11-9(7)13-2/h3-5,8H,6,10H2,1-2H3/t8-/m0/s1. The van der Waals surface area contributed by atoms with Gasteiger partial charge in [0, 0.05) is 18.9 Å². The first-order chi connectivity index (χ1) is 6.29. The molecule has 0 radical (unpaired) electrons. The lowest BCUT2D eigenvalue weighted by Crippen LogP contribution is -2.17. The zero-order valence-electron chi connectivity index (χ0n) is 7.86. The van der Waals surface area contributed by atoms with Crippen molar-refractivity contribution in [2.45, 2.75) is 6.04 Å². The lowest BCUT2D eigenvalue weighted by molar-refractivity contribution is 0.179. The monoisotopic (exact) mass is 182 g/mol. The molecule has 0 amide bonds. The molecule has 2 N–H and O–H groups in total. The molecule has 1 heterocycles. The Balaban J connectivity index is 2.85. The molecule has 0 saturated heterocycles. The molecule has 1 atom stereocenters. The maximum Gasteiger partial charge on any atom is 0.217 e. The van der Waals surface area contributed by atoms with Gasteiger partial charge in [0.05, 0.1) is 19.8 Å². The predicted molar refractivity (Wildman–Crippen MR) is 49.6 cm³/mol. The van der Waals surface area contributed by atoms with Gasteiger partial charge in [-0.3, -0.25) is 0 Å². The van der Waals surface area contributed by atoms with E-state index >= 15 is 0 Å². The summed E-state index contributed by atoms with van der Waals surface area (Å²) in [6, 6.07) is 3.52. The number of nitrogens with two attached hydrogens (primary N) is 1. The maximum atomic E-state index is 5.84. The average Bonchev–Trinajstić information content (AvgIpc) is 2.18. The molecule has 0 bridgehead atoms. The number of methoxy groups -OCH3 is 2. The predicted octanol–water partition coefficient (Wildman–Crippen LogP) is 0.736. The van der Waals surface area contributed by atoms with Crippen molar-refractivity contribution in [2.24, 2.45) is 5.73 Å². The van der Waals surface area contributed by atoms with Crippen molar-refractivity contribution in [1.29, 1.82) is 0 Å². The summed E-state index contributed by atoms with van der Waals surface area (Å²) in [6.45, 7) is 0.460. The molecule has 13 heavy (non-hydrogen) atoms. The van der Waals surface area contributed by atoms with Gasteiger partial charge in [0.1, 0.15) is 0 Å². The van der Waals surface area contributed by atoms with Crippen molar-refractivity contribution in [3.8, 4) is 5.88 Å². The minimum atomic E-state index is -0.186. The van der Waals surface area contributed by atoms with Gasteiger partial charge < -0.3 is 15.2 Å². The van der Waals surface area contributed by atoms with Crippen LogP contribution in [0, 0.1) is 0 Å². The largest absolute Gasteiger partial charge is 0.481 e. The molecule has 1 aromatic rings. The first-order valence-electron chi connectivity index (χ1n) is 4.03. The van der Waals surface area contributed by atoms with E-state index in [0.717, 1.165) is 5.56 Å². The number of ether oxygens (including phenoxy) is 2. The molecule has 0 aliphatic rings. The van der Waals surface area contributed by atoms with Gasteiger partial charge in [0.25, 0.3) is 0 Å². The third-order valence-corrected chi connectivity index (χ3v) is 1.74. The fourth-order valence-corrected chi connectivity index (χ4v) is 1.13. The quantitative estimate of drug-likeness (QED) is 0.746. The summed E-state index contributed by atoms with van der Waals surface area (Å²) >= 11 is 0. The van der Waals surface area contributed by atoms with Crippen molar-refractivity contribution in [1.82, 2.24) is 4.98 Å². The molecule has 0 aromatic carbocycles. The topological polar surface area (TPSA) is 57.4 Å².